The van der Waals surface area contributed by atoms with E-state index in [1.165, 1.54) is 12.8 Å². The summed E-state index contributed by atoms with van der Waals surface area (Å²) in [4.78, 5) is 0. The van der Waals surface area contributed by atoms with Crippen LogP contribution in [0.25, 0.3) is 0 Å². The Morgan fingerprint density at radius 2 is 2.00 bits per heavy atom. The lowest BCUT2D eigenvalue weighted by Gasteiger charge is -2.37. The summed E-state index contributed by atoms with van der Waals surface area (Å²) in [6, 6.07) is 1.88. The SMILES string of the molecule is Cc1c(O)cc2c(c1C)OC(C)(CCCC(C)C)CC2. The molecule has 0 bridgehead atoms. The summed E-state index contributed by atoms with van der Waals surface area (Å²) < 4.78 is 6.36. The summed E-state index contributed by atoms with van der Waals surface area (Å²) >= 11 is 0. The number of fused-ring (bicyclic) bond motifs is 1. The van der Waals surface area contributed by atoms with Crippen LogP contribution >= 0.6 is 0 Å². The molecule has 2 rings (SSSR count). The van der Waals surface area contributed by atoms with Gasteiger partial charge in [-0.1, -0.05) is 20.3 Å². The summed E-state index contributed by atoms with van der Waals surface area (Å²) in [5.74, 6) is 2.17. The number of benzene rings is 1. The van der Waals surface area contributed by atoms with Gasteiger partial charge < -0.3 is 9.84 Å². The first kappa shape index (κ1) is 15.2. The van der Waals surface area contributed by atoms with Crippen molar-refractivity contribution in [1.29, 1.82) is 0 Å². The normalized spacial score (nSPS) is 21.7. The fourth-order valence-corrected chi connectivity index (χ4v) is 3.03. The Morgan fingerprint density at radius 1 is 1.30 bits per heavy atom. The van der Waals surface area contributed by atoms with E-state index in [9.17, 15) is 5.11 Å². The number of ether oxygens (including phenoxy) is 1. The fourth-order valence-electron chi connectivity index (χ4n) is 3.03. The van der Waals surface area contributed by atoms with Crippen LogP contribution in [0.2, 0.25) is 0 Å². The maximum absolute atomic E-state index is 9.93. The molecule has 0 aromatic heterocycles. The minimum absolute atomic E-state index is 0.0456. The molecule has 1 aromatic rings. The molecule has 1 atom stereocenters. The van der Waals surface area contributed by atoms with Gasteiger partial charge in [0.1, 0.15) is 17.1 Å². The van der Waals surface area contributed by atoms with Crippen molar-refractivity contribution < 1.29 is 9.84 Å². The highest BCUT2D eigenvalue weighted by Gasteiger charge is 2.32. The zero-order valence-corrected chi connectivity index (χ0v) is 13.5. The Hall–Kier alpha value is -1.18. The topological polar surface area (TPSA) is 29.5 Å². The van der Waals surface area contributed by atoms with Crippen LogP contribution in [0.5, 0.6) is 11.5 Å². The maximum atomic E-state index is 9.93. The van der Waals surface area contributed by atoms with Crippen molar-refractivity contribution in [2.75, 3.05) is 0 Å². The molecular weight excluding hydrogens is 248 g/mol. The molecule has 2 nitrogen and oxygen atoms in total. The van der Waals surface area contributed by atoms with E-state index in [1.54, 1.807) is 0 Å². The Labute approximate surface area is 123 Å². The maximum Gasteiger partial charge on any atom is 0.126 e. The Kier molecular flexibility index (Phi) is 4.31. The van der Waals surface area contributed by atoms with Crippen molar-refractivity contribution in [3.63, 3.8) is 0 Å². The summed E-state index contributed by atoms with van der Waals surface area (Å²) in [5.41, 5.74) is 3.15. The van der Waals surface area contributed by atoms with Crippen molar-refractivity contribution in [3.05, 3.63) is 22.8 Å². The highest BCUT2D eigenvalue weighted by molar-refractivity contribution is 5.53. The van der Waals surface area contributed by atoms with Crippen molar-refractivity contribution in [2.24, 2.45) is 5.92 Å². The van der Waals surface area contributed by atoms with E-state index in [-0.39, 0.29) is 5.60 Å². The first-order valence-corrected chi connectivity index (χ1v) is 7.83. The molecule has 1 aliphatic heterocycles. The zero-order chi connectivity index (χ0) is 14.9. The second-order valence-electron chi connectivity index (χ2n) is 6.97. The quantitative estimate of drug-likeness (QED) is 0.846. The second kappa shape index (κ2) is 5.67. The van der Waals surface area contributed by atoms with Gasteiger partial charge in [0, 0.05) is 0 Å². The first-order chi connectivity index (χ1) is 9.32. The van der Waals surface area contributed by atoms with Crippen LogP contribution in [0.3, 0.4) is 0 Å². The van der Waals surface area contributed by atoms with Crippen LogP contribution in [0.1, 0.15) is 63.1 Å². The standard InChI is InChI=1S/C18H28O2/c1-12(2)7-6-9-18(5)10-8-15-11-16(19)13(3)14(4)17(15)20-18/h11-12,19H,6-10H2,1-5H3. The average Bonchev–Trinajstić information content (AvgIpc) is 2.37. The molecule has 1 aliphatic rings. The Morgan fingerprint density at radius 3 is 2.65 bits per heavy atom. The first-order valence-electron chi connectivity index (χ1n) is 7.83. The molecule has 0 radical (unpaired) electrons. The molecule has 1 N–H and O–H groups in total. The molecule has 1 unspecified atom stereocenters. The van der Waals surface area contributed by atoms with Gasteiger partial charge in [0.25, 0.3) is 0 Å². The zero-order valence-electron chi connectivity index (χ0n) is 13.5. The molecule has 112 valence electrons. The summed E-state index contributed by atoms with van der Waals surface area (Å²) in [6.45, 7) is 10.8. The number of hydrogen-bond donors (Lipinski definition) is 1. The molecule has 0 spiro atoms. The molecule has 20 heavy (non-hydrogen) atoms. The van der Waals surface area contributed by atoms with E-state index >= 15 is 0 Å². The minimum atomic E-state index is -0.0456. The number of aromatic hydroxyl groups is 1. The summed E-state index contributed by atoms with van der Waals surface area (Å²) in [6.07, 6.45) is 5.64. The molecule has 1 aromatic carbocycles. The van der Waals surface area contributed by atoms with E-state index in [4.69, 9.17) is 4.74 Å². The molecule has 2 heteroatoms. The number of phenolic OH excluding ortho intramolecular Hbond substituents is 1. The average molecular weight is 276 g/mol. The highest BCUT2D eigenvalue weighted by Crippen LogP contribution is 2.41. The lowest BCUT2D eigenvalue weighted by molar-refractivity contribution is 0.0517. The fraction of sp³-hybridized carbons (Fsp3) is 0.667. The largest absolute Gasteiger partial charge is 0.508 e. The molecule has 0 saturated carbocycles. The monoisotopic (exact) mass is 276 g/mol. The second-order valence-corrected chi connectivity index (χ2v) is 6.97. The van der Waals surface area contributed by atoms with Crippen molar-refractivity contribution >= 4 is 0 Å². The number of phenols is 1. The van der Waals surface area contributed by atoms with Gasteiger partial charge in [-0.05, 0) is 75.1 Å². The predicted octanol–water partition coefficient (Wildman–Crippen LogP) is 4.92. The van der Waals surface area contributed by atoms with Gasteiger partial charge >= 0.3 is 0 Å². The summed E-state index contributed by atoms with van der Waals surface area (Å²) in [5, 5.41) is 9.93. The molecule has 1 heterocycles. The van der Waals surface area contributed by atoms with Crippen molar-refractivity contribution in [1.82, 2.24) is 0 Å². The van der Waals surface area contributed by atoms with Gasteiger partial charge in [0.2, 0.25) is 0 Å². The van der Waals surface area contributed by atoms with Crippen LogP contribution < -0.4 is 4.74 Å². The molecule has 0 saturated heterocycles. The van der Waals surface area contributed by atoms with Crippen LogP contribution in [-0.4, -0.2) is 10.7 Å². The van der Waals surface area contributed by atoms with Crippen LogP contribution in [0, 0.1) is 19.8 Å². The number of aryl methyl sites for hydroxylation is 1. The van der Waals surface area contributed by atoms with E-state index in [0.717, 1.165) is 47.6 Å². The third kappa shape index (κ3) is 3.11. The minimum Gasteiger partial charge on any atom is -0.508 e. The van der Waals surface area contributed by atoms with E-state index < -0.39 is 0 Å². The predicted molar refractivity (Wildman–Crippen MR) is 83.6 cm³/mol. The van der Waals surface area contributed by atoms with Crippen LogP contribution in [0.4, 0.5) is 0 Å². The Balaban J connectivity index is 2.15. The Bertz CT molecular complexity index is 491. The number of rotatable bonds is 4. The molecule has 0 fully saturated rings. The van der Waals surface area contributed by atoms with Crippen LogP contribution in [-0.2, 0) is 6.42 Å². The summed E-state index contributed by atoms with van der Waals surface area (Å²) in [7, 11) is 0. The molecule has 0 amide bonds. The van der Waals surface area contributed by atoms with Crippen molar-refractivity contribution in [3.8, 4) is 11.5 Å². The third-order valence-corrected chi connectivity index (χ3v) is 4.65. The van der Waals surface area contributed by atoms with Gasteiger partial charge in [-0.25, -0.2) is 0 Å². The van der Waals surface area contributed by atoms with Gasteiger partial charge in [0.15, 0.2) is 0 Å². The van der Waals surface area contributed by atoms with Gasteiger partial charge in [0.05, 0.1) is 0 Å². The lowest BCUT2D eigenvalue weighted by Crippen LogP contribution is -2.36. The van der Waals surface area contributed by atoms with E-state index in [0.29, 0.717) is 5.75 Å². The number of hydrogen-bond acceptors (Lipinski definition) is 2. The smallest absolute Gasteiger partial charge is 0.126 e. The molecular formula is C18H28O2. The molecule has 0 aliphatic carbocycles. The van der Waals surface area contributed by atoms with Gasteiger partial charge in [-0.15, -0.1) is 0 Å². The third-order valence-electron chi connectivity index (χ3n) is 4.65. The lowest BCUT2D eigenvalue weighted by atomic mass is 9.86. The van der Waals surface area contributed by atoms with Crippen LogP contribution in [0.15, 0.2) is 6.07 Å². The van der Waals surface area contributed by atoms with Crippen molar-refractivity contribution in [2.45, 2.75) is 72.3 Å². The van der Waals surface area contributed by atoms with Gasteiger partial charge in [-0.2, -0.15) is 0 Å². The van der Waals surface area contributed by atoms with E-state index in [1.807, 2.05) is 19.9 Å². The van der Waals surface area contributed by atoms with E-state index in [2.05, 4.69) is 20.8 Å². The van der Waals surface area contributed by atoms with Gasteiger partial charge in [-0.3, -0.25) is 0 Å². The highest BCUT2D eigenvalue weighted by atomic mass is 16.5.